The number of aliphatic carboxylic acids is 1. The predicted octanol–water partition coefficient (Wildman–Crippen LogP) is 5.91. The largest absolute Gasteiger partial charge is 0.478 e. The number of nitrogens with one attached hydrogen (secondary N) is 1. The highest BCUT2D eigenvalue weighted by Gasteiger charge is 2.51. The van der Waals surface area contributed by atoms with Gasteiger partial charge in [0.15, 0.2) is 0 Å². The van der Waals surface area contributed by atoms with E-state index >= 15 is 0 Å². The summed E-state index contributed by atoms with van der Waals surface area (Å²) in [7, 11) is 0. The Balaban J connectivity index is 1.73. The van der Waals surface area contributed by atoms with Crippen LogP contribution in [0.15, 0.2) is 103 Å². The van der Waals surface area contributed by atoms with E-state index in [0.29, 0.717) is 38.2 Å². The minimum atomic E-state index is -1.43. The minimum absolute atomic E-state index is 0.109. The predicted molar refractivity (Wildman–Crippen MR) is 148 cm³/mol. The molecule has 1 aliphatic rings. The van der Waals surface area contributed by atoms with Gasteiger partial charge in [0.2, 0.25) is 12.0 Å². The number of carboxylic acid groups (broad SMARTS) is 1. The third-order valence-corrected chi connectivity index (χ3v) is 7.37. The van der Waals surface area contributed by atoms with E-state index in [1.165, 1.54) is 0 Å². The summed E-state index contributed by atoms with van der Waals surface area (Å²) in [6, 6.07) is 30.4. The molecule has 0 unspecified atom stereocenters. The lowest BCUT2D eigenvalue weighted by Crippen LogP contribution is -2.58. The number of para-hydroxylation sites is 2. The molecule has 0 spiro atoms. The van der Waals surface area contributed by atoms with E-state index < -0.39 is 17.6 Å². The van der Waals surface area contributed by atoms with Gasteiger partial charge in [-0.25, -0.2) is 4.79 Å². The van der Waals surface area contributed by atoms with Crippen LogP contribution in [0.3, 0.4) is 0 Å². The van der Waals surface area contributed by atoms with Crippen LogP contribution in [0.5, 0.6) is 5.75 Å². The standard InChI is InChI=1S/C30H24Cl2N2O4/c31-24-15-9-16-25(32)22(24)19-34-26-17-8-7-14-23(26)30(33-18-27(34)35,20-10-3-1-4-11-20)28(29(36)37)38-21-12-5-2-6-13-21/h1-17,28,33H,18-19H2,(H,36,37)/t28-,30+/m1/s1. The molecule has 0 aliphatic carbocycles. The van der Waals surface area contributed by atoms with Gasteiger partial charge in [-0.1, -0.05) is 96.0 Å². The van der Waals surface area contributed by atoms with E-state index in [1.54, 1.807) is 53.4 Å². The van der Waals surface area contributed by atoms with Crippen LogP contribution in [0.25, 0.3) is 0 Å². The number of hydrogen-bond donors (Lipinski definition) is 2. The van der Waals surface area contributed by atoms with Gasteiger partial charge in [-0.05, 0) is 35.9 Å². The van der Waals surface area contributed by atoms with E-state index in [1.807, 2.05) is 54.6 Å². The van der Waals surface area contributed by atoms with E-state index in [0.717, 1.165) is 0 Å². The van der Waals surface area contributed by atoms with Gasteiger partial charge in [0.1, 0.15) is 11.3 Å². The first-order chi connectivity index (χ1) is 18.4. The third-order valence-electron chi connectivity index (χ3n) is 6.66. The van der Waals surface area contributed by atoms with Crippen LogP contribution in [0.2, 0.25) is 10.0 Å². The fourth-order valence-corrected chi connectivity index (χ4v) is 5.42. The number of amides is 1. The maximum atomic E-state index is 13.7. The number of ether oxygens (including phenoxy) is 1. The monoisotopic (exact) mass is 546 g/mol. The van der Waals surface area contributed by atoms with Crippen molar-refractivity contribution in [2.75, 3.05) is 11.4 Å². The van der Waals surface area contributed by atoms with Crippen molar-refractivity contribution >= 4 is 40.8 Å². The van der Waals surface area contributed by atoms with Gasteiger partial charge in [0.25, 0.3) is 0 Å². The zero-order valence-corrected chi connectivity index (χ0v) is 21.7. The Morgan fingerprint density at radius 2 is 1.50 bits per heavy atom. The molecule has 0 bridgehead atoms. The molecule has 1 amide bonds. The Kier molecular flexibility index (Phi) is 7.38. The van der Waals surface area contributed by atoms with Crippen molar-refractivity contribution in [3.63, 3.8) is 0 Å². The second-order valence-electron chi connectivity index (χ2n) is 8.87. The number of carbonyl (C=O) groups excluding carboxylic acids is 1. The molecule has 192 valence electrons. The SMILES string of the molecule is O=C(O)[C@@H](Oc1ccccc1)[C@@]1(c2ccccc2)NCC(=O)N(Cc2c(Cl)cccc2Cl)c2ccccc21. The van der Waals surface area contributed by atoms with Gasteiger partial charge >= 0.3 is 5.97 Å². The van der Waals surface area contributed by atoms with Crippen molar-refractivity contribution in [3.8, 4) is 5.75 Å². The summed E-state index contributed by atoms with van der Waals surface area (Å²) in [5, 5.41) is 14.7. The van der Waals surface area contributed by atoms with Crippen molar-refractivity contribution < 1.29 is 19.4 Å². The van der Waals surface area contributed by atoms with Crippen LogP contribution in [0, 0.1) is 0 Å². The number of halogens is 2. The van der Waals surface area contributed by atoms with Gasteiger partial charge in [0.05, 0.1) is 13.1 Å². The Bertz CT molecular complexity index is 1450. The van der Waals surface area contributed by atoms with Crippen LogP contribution in [0.1, 0.15) is 16.7 Å². The number of rotatable bonds is 7. The number of anilines is 1. The summed E-state index contributed by atoms with van der Waals surface area (Å²) in [5.74, 6) is -1.06. The molecular weight excluding hydrogens is 523 g/mol. The average Bonchev–Trinajstić information content (AvgIpc) is 3.05. The molecule has 2 atom stereocenters. The number of hydrogen-bond acceptors (Lipinski definition) is 4. The summed E-state index contributed by atoms with van der Waals surface area (Å²) < 4.78 is 6.18. The Morgan fingerprint density at radius 1 is 0.895 bits per heavy atom. The molecule has 5 rings (SSSR count). The van der Waals surface area contributed by atoms with Crippen molar-refractivity contribution in [1.82, 2.24) is 5.32 Å². The van der Waals surface area contributed by atoms with Crippen LogP contribution in [-0.4, -0.2) is 29.6 Å². The highest BCUT2D eigenvalue weighted by molar-refractivity contribution is 6.36. The second kappa shape index (κ2) is 10.9. The topological polar surface area (TPSA) is 78.9 Å². The third kappa shape index (κ3) is 4.74. The Labute approximate surface area is 230 Å². The average molecular weight is 547 g/mol. The Morgan fingerprint density at radius 3 is 2.16 bits per heavy atom. The fourth-order valence-electron chi connectivity index (χ4n) is 4.90. The highest BCUT2D eigenvalue weighted by Crippen LogP contribution is 2.43. The van der Waals surface area contributed by atoms with Crippen LogP contribution in [-0.2, 0) is 21.7 Å². The van der Waals surface area contributed by atoms with Crippen molar-refractivity contribution in [2.45, 2.75) is 18.2 Å². The molecule has 0 fully saturated rings. The fraction of sp³-hybridized carbons (Fsp3) is 0.133. The molecule has 1 heterocycles. The van der Waals surface area contributed by atoms with Gasteiger partial charge in [-0.2, -0.15) is 0 Å². The number of carboxylic acids is 1. The Hall–Kier alpha value is -3.84. The number of nitrogens with zero attached hydrogens (tertiary/aromatic N) is 1. The summed E-state index contributed by atoms with van der Waals surface area (Å²) in [6.07, 6.45) is -1.43. The molecule has 0 saturated heterocycles. The summed E-state index contributed by atoms with van der Waals surface area (Å²) in [6.45, 7) is -0.0498. The molecular formula is C30H24Cl2N2O4. The minimum Gasteiger partial charge on any atom is -0.478 e. The van der Waals surface area contributed by atoms with E-state index in [4.69, 9.17) is 27.9 Å². The first-order valence-corrected chi connectivity index (χ1v) is 12.7. The van der Waals surface area contributed by atoms with Gasteiger partial charge in [0, 0.05) is 26.9 Å². The van der Waals surface area contributed by atoms with Crippen molar-refractivity contribution in [1.29, 1.82) is 0 Å². The number of benzene rings is 4. The molecule has 0 saturated carbocycles. The molecule has 8 heteroatoms. The molecule has 1 aliphatic heterocycles. The van der Waals surface area contributed by atoms with Gasteiger partial charge in [-0.15, -0.1) is 0 Å². The molecule has 4 aromatic carbocycles. The molecule has 38 heavy (non-hydrogen) atoms. The molecule has 4 aromatic rings. The normalized spacial score (nSPS) is 17.8. The highest BCUT2D eigenvalue weighted by atomic mass is 35.5. The van der Waals surface area contributed by atoms with Crippen molar-refractivity contribution in [2.24, 2.45) is 0 Å². The summed E-state index contributed by atoms with van der Waals surface area (Å²) in [5.41, 5.74) is 0.922. The quantitative estimate of drug-likeness (QED) is 0.301. The summed E-state index contributed by atoms with van der Waals surface area (Å²) >= 11 is 12.9. The lowest BCUT2D eigenvalue weighted by atomic mass is 9.77. The van der Waals surface area contributed by atoms with Crippen LogP contribution < -0.4 is 15.0 Å². The van der Waals surface area contributed by atoms with E-state index in [-0.39, 0.29) is 19.0 Å². The van der Waals surface area contributed by atoms with Crippen molar-refractivity contribution in [3.05, 3.63) is 130 Å². The van der Waals surface area contributed by atoms with E-state index in [9.17, 15) is 14.7 Å². The number of carbonyl (C=O) groups is 2. The first-order valence-electron chi connectivity index (χ1n) is 12.0. The smallest absolute Gasteiger partial charge is 0.347 e. The van der Waals surface area contributed by atoms with E-state index in [2.05, 4.69) is 5.32 Å². The lowest BCUT2D eigenvalue weighted by molar-refractivity contribution is -0.149. The van der Waals surface area contributed by atoms with Gasteiger partial charge < -0.3 is 14.7 Å². The van der Waals surface area contributed by atoms with Crippen LogP contribution in [0.4, 0.5) is 5.69 Å². The molecule has 0 aromatic heterocycles. The molecule has 6 nitrogen and oxygen atoms in total. The molecule has 2 N–H and O–H groups in total. The zero-order valence-electron chi connectivity index (χ0n) is 20.2. The lowest BCUT2D eigenvalue weighted by Gasteiger charge is -2.40. The first kappa shape index (κ1) is 25.8. The number of fused-ring (bicyclic) bond motifs is 1. The van der Waals surface area contributed by atoms with Gasteiger partial charge in [-0.3, -0.25) is 10.1 Å². The van der Waals surface area contributed by atoms with Crippen LogP contribution >= 0.6 is 23.2 Å². The maximum absolute atomic E-state index is 13.7. The molecule has 0 radical (unpaired) electrons. The second-order valence-corrected chi connectivity index (χ2v) is 9.69. The maximum Gasteiger partial charge on any atom is 0.347 e. The zero-order chi connectivity index (χ0) is 26.7. The summed E-state index contributed by atoms with van der Waals surface area (Å²) in [4.78, 5) is 28.2.